The number of ketones is 1. The van der Waals surface area contributed by atoms with Gasteiger partial charge in [-0.3, -0.25) is 9.59 Å². The minimum Gasteiger partial charge on any atom is -0.483 e. The first-order valence-electron chi connectivity index (χ1n) is 7.01. The molecule has 23 heavy (non-hydrogen) atoms. The third-order valence-corrected chi connectivity index (χ3v) is 4.33. The van der Waals surface area contributed by atoms with Gasteiger partial charge in [-0.1, -0.05) is 13.0 Å². The SMILES string of the molecule is CCC(=O)Nc1ccc(C(=O)COc2c(Br)cccc2Br)cc1. The predicted octanol–water partition coefficient (Wildman–Crippen LogP) is 4.82. The van der Waals surface area contributed by atoms with Crippen molar-refractivity contribution < 1.29 is 14.3 Å². The van der Waals surface area contributed by atoms with E-state index in [2.05, 4.69) is 37.2 Å². The molecule has 6 heteroatoms. The monoisotopic (exact) mass is 439 g/mol. The Labute approximate surface area is 151 Å². The van der Waals surface area contributed by atoms with Crippen molar-refractivity contribution in [3.63, 3.8) is 0 Å². The summed E-state index contributed by atoms with van der Waals surface area (Å²) in [5, 5.41) is 2.74. The highest BCUT2D eigenvalue weighted by atomic mass is 79.9. The number of nitrogens with one attached hydrogen (secondary N) is 1. The van der Waals surface area contributed by atoms with Crippen molar-refractivity contribution >= 4 is 49.2 Å². The van der Waals surface area contributed by atoms with Gasteiger partial charge < -0.3 is 10.1 Å². The molecule has 0 fully saturated rings. The van der Waals surface area contributed by atoms with Gasteiger partial charge in [-0.15, -0.1) is 0 Å². The number of carbonyl (C=O) groups is 2. The maximum absolute atomic E-state index is 12.2. The van der Waals surface area contributed by atoms with Crippen LogP contribution in [0.1, 0.15) is 23.7 Å². The van der Waals surface area contributed by atoms with Gasteiger partial charge in [0, 0.05) is 17.7 Å². The van der Waals surface area contributed by atoms with Crippen LogP contribution >= 0.6 is 31.9 Å². The van der Waals surface area contributed by atoms with E-state index in [1.54, 1.807) is 31.2 Å². The lowest BCUT2D eigenvalue weighted by atomic mass is 10.1. The molecule has 0 heterocycles. The van der Waals surface area contributed by atoms with Gasteiger partial charge in [-0.05, 0) is 68.3 Å². The Balaban J connectivity index is 1.99. The van der Waals surface area contributed by atoms with Crippen molar-refractivity contribution in [1.29, 1.82) is 0 Å². The van der Waals surface area contributed by atoms with Crippen LogP contribution in [0.4, 0.5) is 5.69 Å². The third-order valence-electron chi connectivity index (χ3n) is 3.08. The van der Waals surface area contributed by atoms with E-state index < -0.39 is 0 Å². The van der Waals surface area contributed by atoms with Crippen molar-refractivity contribution in [2.24, 2.45) is 0 Å². The zero-order valence-corrected chi connectivity index (χ0v) is 15.6. The Hall–Kier alpha value is -1.66. The molecule has 0 atom stereocenters. The zero-order valence-electron chi connectivity index (χ0n) is 12.4. The lowest BCUT2D eigenvalue weighted by molar-refractivity contribution is -0.115. The van der Waals surface area contributed by atoms with Crippen molar-refractivity contribution in [1.82, 2.24) is 0 Å². The van der Waals surface area contributed by atoms with E-state index in [4.69, 9.17) is 4.74 Å². The second-order valence-corrected chi connectivity index (χ2v) is 6.45. The number of para-hydroxylation sites is 1. The molecule has 2 aromatic carbocycles. The highest BCUT2D eigenvalue weighted by Crippen LogP contribution is 2.33. The van der Waals surface area contributed by atoms with Crippen LogP contribution in [0, 0.1) is 0 Å². The van der Waals surface area contributed by atoms with Crippen LogP contribution in [-0.4, -0.2) is 18.3 Å². The van der Waals surface area contributed by atoms with E-state index in [1.807, 2.05) is 18.2 Å². The topological polar surface area (TPSA) is 55.4 Å². The number of carbonyl (C=O) groups excluding carboxylic acids is 2. The molecule has 0 radical (unpaired) electrons. The van der Waals surface area contributed by atoms with Gasteiger partial charge in [0.05, 0.1) is 8.95 Å². The molecule has 1 amide bonds. The second-order valence-electron chi connectivity index (χ2n) is 4.74. The number of Topliss-reactive ketones (excluding diaryl/α,β-unsaturated/α-hetero) is 1. The fourth-order valence-corrected chi connectivity index (χ4v) is 3.06. The summed E-state index contributed by atoms with van der Waals surface area (Å²) in [6, 6.07) is 12.3. The summed E-state index contributed by atoms with van der Waals surface area (Å²) >= 11 is 6.77. The van der Waals surface area contributed by atoms with E-state index >= 15 is 0 Å². The van der Waals surface area contributed by atoms with E-state index in [-0.39, 0.29) is 18.3 Å². The normalized spacial score (nSPS) is 10.2. The lowest BCUT2D eigenvalue weighted by Gasteiger charge is -2.10. The van der Waals surface area contributed by atoms with Crippen LogP contribution in [-0.2, 0) is 4.79 Å². The van der Waals surface area contributed by atoms with Crippen LogP contribution in [0.2, 0.25) is 0 Å². The average Bonchev–Trinajstić information content (AvgIpc) is 2.54. The maximum Gasteiger partial charge on any atom is 0.224 e. The first-order valence-corrected chi connectivity index (χ1v) is 8.59. The van der Waals surface area contributed by atoms with E-state index in [0.717, 1.165) is 8.95 Å². The number of ether oxygens (including phenoxy) is 1. The second kappa shape index (κ2) is 8.26. The summed E-state index contributed by atoms with van der Waals surface area (Å²) in [5.41, 5.74) is 1.20. The first kappa shape index (κ1) is 17.7. The lowest BCUT2D eigenvalue weighted by Crippen LogP contribution is -2.13. The Kier molecular flexibility index (Phi) is 6.36. The van der Waals surface area contributed by atoms with Crippen LogP contribution in [0.15, 0.2) is 51.4 Å². The number of benzene rings is 2. The minimum absolute atomic E-state index is 0.0637. The van der Waals surface area contributed by atoms with Crippen LogP contribution in [0.3, 0.4) is 0 Å². The Morgan fingerprint density at radius 3 is 2.22 bits per heavy atom. The van der Waals surface area contributed by atoms with Crippen LogP contribution in [0.5, 0.6) is 5.75 Å². The summed E-state index contributed by atoms with van der Waals surface area (Å²) in [7, 11) is 0. The molecular formula is C17H15Br2NO3. The molecule has 4 nitrogen and oxygen atoms in total. The van der Waals surface area contributed by atoms with Gasteiger partial charge in [0.2, 0.25) is 5.91 Å². The standard InChI is InChI=1S/C17H15Br2NO3/c1-2-16(22)20-12-8-6-11(7-9-12)15(21)10-23-17-13(18)4-3-5-14(17)19/h3-9H,2,10H2,1H3,(H,20,22). The molecule has 2 rings (SSSR count). The molecule has 0 aliphatic heterocycles. The van der Waals surface area contributed by atoms with Gasteiger partial charge in [-0.2, -0.15) is 0 Å². The minimum atomic E-state index is -0.138. The molecule has 120 valence electrons. The molecule has 1 N–H and O–H groups in total. The largest absolute Gasteiger partial charge is 0.483 e. The summed E-state index contributed by atoms with van der Waals surface area (Å²) in [4.78, 5) is 23.5. The molecule has 0 saturated carbocycles. The summed E-state index contributed by atoms with van der Waals surface area (Å²) in [6.07, 6.45) is 0.412. The summed E-state index contributed by atoms with van der Waals surface area (Å²) < 4.78 is 7.13. The fourth-order valence-electron chi connectivity index (χ4n) is 1.83. The number of hydrogen-bond donors (Lipinski definition) is 1. The van der Waals surface area contributed by atoms with Gasteiger partial charge in [0.25, 0.3) is 0 Å². The fraction of sp³-hybridized carbons (Fsp3) is 0.176. The van der Waals surface area contributed by atoms with Gasteiger partial charge in [0.1, 0.15) is 5.75 Å². The highest BCUT2D eigenvalue weighted by molar-refractivity contribution is 9.11. The molecule has 0 spiro atoms. The van der Waals surface area contributed by atoms with Gasteiger partial charge in [-0.25, -0.2) is 0 Å². The number of rotatable bonds is 6. The van der Waals surface area contributed by atoms with Crippen LogP contribution < -0.4 is 10.1 Å². The molecule has 0 aliphatic carbocycles. The summed E-state index contributed by atoms with van der Waals surface area (Å²) in [6.45, 7) is 1.71. The molecule has 0 saturated heterocycles. The Morgan fingerprint density at radius 2 is 1.65 bits per heavy atom. The molecular weight excluding hydrogens is 426 g/mol. The predicted molar refractivity (Wildman–Crippen MR) is 97.0 cm³/mol. The average molecular weight is 441 g/mol. The first-order chi connectivity index (χ1) is 11.0. The van der Waals surface area contributed by atoms with E-state index in [0.29, 0.717) is 23.4 Å². The summed E-state index contributed by atoms with van der Waals surface area (Å²) in [5.74, 6) is 0.389. The number of anilines is 1. The molecule has 0 unspecified atom stereocenters. The van der Waals surface area contributed by atoms with E-state index in [1.165, 1.54) is 0 Å². The van der Waals surface area contributed by atoms with Crippen molar-refractivity contribution in [3.8, 4) is 5.75 Å². The molecule has 2 aromatic rings. The Morgan fingerprint density at radius 1 is 1.04 bits per heavy atom. The molecule has 0 aromatic heterocycles. The van der Waals surface area contributed by atoms with Crippen molar-refractivity contribution in [2.45, 2.75) is 13.3 Å². The van der Waals surface area contributed by atoms with E-state index in [9.17, 15) is 9.59 Å². The maximum atomic E-state index is 12.2. The Bertz CT molecular complexity index is 694. The van der Waals surface area contributed by atoms with Gasteiger partial charge in [0.15, 0.2) is 12.4 Å². The quantitative estimate of drug-likeness (QED) is 0.655. The smallest absolute Gasteiger partial charge is 0.224 e. The van der Waals surface area contributed by atoms with Crippen molar-refractivity contribution in [2.75, 3.05) is 11.9 Å². The number of amides is 1. The number of halogens is 2. The van der Waals surface area contributed by atoms with Crippen LogP contribution in [0.25, 0.3) is 0 Å². The van der Waals surface area contributed by atoms with Crippen molar-refractivity contribution in [3.05, 3.63) is 57.0 Å². The highest BCUT2D eigenvalue weighted by Gasteiger charge is 2.11. The third kappa shape index (κ3) is 4.91. The zero-order chi connectivity index (χ0) is 16.8. The molecule has 0 aliphatic rings. The molecule has 0 bridgehead atoms. The number of hydrogen-bond acceptors (Lipinski definition) is 3. The van der Waals surface area contributed by atoms with Gasteiger partial charge >= 0.3 is 0 Å².